The van der Waals surface area contributed by atoms with Crippen LogP contribution in [0.1, 0.15) is 39.0 Å². The number of carbonyl (C=O) groups excluding carboxylic acids is 2. The second kappa shape index (κ2) is 6.93. The molecule has 0 radical (unpaired) electrons. The SMILES string of the molecule is COC(=O)N1CCC(C)(N2CCC(N3C(=O)CC4CC=C(F)C=C43)CC2)C1. The van der Waals surface area contributed by atoms with E-state index in [4.69, 9.17) is 4.74 Å². The van der Waals surface area contributed by atoms with Gasteiger partial charge < -0.3 is 14.5 Å². The summed E-state index contributed by atoms with van der Waals surface area (Å²) in [7, 11) is 1.42. The van der Waals surface area contributed by atoms with Crippen molar-refractivity contribution < 1.29 is 18.7 Å². The molecule has 2 atom stereocenters. The molecule has 0 aromatic rings. The summed E-state index contributed by atoms with van der Waals surface area (Å²) in [5, 5.41) is 0. The molecule has 0 aromatic carbocycles. The number of fused-ring (bicyclic) bond motifs is 1. The second-order valence-electron chi connectivity index (χ2n) is 8.42. The molecule has 3 heterocycles. The van der Waals surface area contributed by atoms with E-state index in [1.165, 1.54) is 7.11 Å². The molecule has 0 bridgehead atoms. The van der Waals surface area contributed by atoms with Crippen LogP contribution in [0.3, 0.4) is 0 Å². The second-order valence-corrected chi connectivity index (χ2v) is 8.42. The van der Waals surface area contributed by atoms with E-state index >= 15 is 0 Å². The minimum absolute atomic E-state index is 0.0460. The van der Waals surface area contributed by atoms with Crippen LogP contribution < -0.4 is 0 Å². The molecule has 148 valence electrons. The first-order chi connectivity index (χ1) is 12.9. The highest BCUT2D eigenvalue weighted by atomic mass is 19.1. The van der Waals surface area contributed by atoms with Crippen molar-refractivity contribution in [2.24, 2.45) is 5.92 Å². The highest BCUT2D eigenvalue weighted by molar-refractivity contribution is 5.83. The topological polar surface area (TPSA) is 53.1 Å². The first-order valence-corrected chi connectivity index (χ1v) is 9.88. The standard InChI is InChI=1S/C20H28FN3O3/c1-20(7-10-22(13-20)19(26)27-2)23-8-5-16(6-9-23)24-17-12-15(21)4-3-14(17)11-18(24)25/h4,12,14,16H,3,5-11,13H2,1-2H3. The zero-order valence-electron chi connectivity index (χ0n) is 16.1. The lowest BCUT2D eigenvalue weighted by Crippen LogP contribution is -2.54. The van der Waals surface area contributed by atoms with Crippen molar-refractivity contribution >= 4 is 12.0 Å². The molecule has 2 amide bonds. The molecule has 0 saturated carbocycles. The van der Waals surface area contributed by atoms with Gasteiger partial charge in [0.1, 0.15) is 5.83 Å². The number of ether oxygens (including phenoxy) is 1. The summed E-state index contributed by atoms with van der Waals surface area (Å²) >= 11 is 0. The summed E-state index contributed by atoms with van der Waals surface area (Å²) in [5.74, 6) is 0.0625. The van der Waals surface area contributed by atoms with Crippen molar-refractivity contribution in [2.45, 2.75) is 50.6 Å². The Morgan fingerprint density at radius 3 is 2.74 bits per heavy atom. The van der Waals surface area contributed by atoms with Crippen molar-refractivity contribution in [3.8, 4) is 0 Å². The Kier molecular flexibility index (Phi) is 4.74. The Hall–Kier alpha value is -1.89. The number of nitrogens with zero attached hydrogens (tertiary/aromatic N) is 3. The number of piperidine rings is 1. The van der Waals surface area contributed by atoms with Crippen molar-refractivity contribution in [1.29, 1.82) is 0 Å². The average molecular weight is 377 g/mol. The van der Waals surface area contributed by atoms with Crippen LogP contribution in [0.25, 0.3) is 0 Å². The van der Waals surface area contributed by atoms with Gasteiger partial charge in [0.25, 0.3) is 0 Å². The highest BCUT2D eigenvalue weighted by Crippen LogP contribution is 2.40. The molecular weight excluding hydrogens is 349 g/mol. The first kappa shape index (κ1) is 18.5. The molecule has 27 heavy (non-hydrogen) atoms. The van der Waals surface area contributed by atoms with Crippen molar-refractivity contribution in [2.75, 3.05) is 33.3 Å². The fourth-order valence-electron chi connectivity index (χ4n) is 5.17. The number of rotatable bonds is 2. The van der Waals surface area contributed by atoms with Gasteiger partial charge in [0.15, 0.2) is 0 Å². The maximum atomic E-state index is 13.7. The molecule has 7 heteroatoms. The smallest absolute Gasteiger partial charge is 0.409 e. The number of carbonyl (C=O) groups is 2. The molecule has 4 rings (SSSR count). The van der Waals surface area contributed by atoms with Crippen molar-refractivity contribution in [3.05, 3.63) is 23.7 Å². The maximum Gasteiger partial charge on any atom is 0.409 e. The van der Waals surface area contributed by atoms with Gasteiger partial charge in [-0.1, -0.05) is 0 Å². The van der Waals surface area contributed by atoms with Crippen LogP contribution in [0.15, 0.2) is 23.7 Å². The number of methoxy groups -OCH3 is 1. The number of likely N-dealkylation sites (tertiary alicyclic amines) is 3. The third kappa shape index (κ3) is 3.26. The van der Waals surface area contributed by atoms with Gasteiger partial charge in [-0.25, -0.2) is 9.18 Å². The van der Waals surface area contributed by atoms with E-state index in [1.54, 1.807) is 17.1 Å². The number of allylic oxidation sites excluding steroid dienone is 4. The molecule has 3 aliphatic heterocycles. The van der Waals surface area contributed by atoms with Gasteiger partial charge in [0, 0.05) is 55.8 Å². The van der Waals surface area contributed by atoms with Gasteiger partial charge in [-0.15, -0.1) is 0 Å². The predicted molar refractivity (Wildman–Crippen MR) is 98.4 cm³/mol. The molecule has 4 aliphatic rings. The predicted octanol–water partition coefficient (Wildman–Crippen LogP) is 2.67. The number of halogens is 1. The summed E-state index contributed by atoms with van der Waals surface area (Å²) in [5.41, 5.74) is 0.831. The van der Waals surface area contributed by atoms with Crippen LogP contribution in [0.4, 0.5) is 9.18 Å². The summed E-state index contributed by atoms with van der Waals surface area (Å²) in [6.45, 7) is 5.37. The summed E-state index contributed by atoms with van der Waals surface area (Å²) in [6.07, 6.45) is 6.70. The monoisotopic (exact) mass is 377 g/mol. The average Bonchev–Trinajstić information content (AvgIpc) is 3.21. The fourth-order valence-corrected chi connectivity index (χ4v) is 5.17. The van der Waals surface area contributed by atoms with Gasteiger partial charge in [-0.2, -0.15) is 0 Å². The van der Waals surface area contributed by atoms with E-state index in [1.807, 2.05) is 4.90 Å². The zero-order valence-corrected chi connectivity index (χ0v) is 16.1. The maximum absolute atomic E-state index is 13.7. The van der Waals surface area contributed by atoms with E-state index in [2.05, 4.69) is 11.8 Å². The van der Waals surface area contributed by atoms with Crippen LogP contribution in [-0.2, 0) is 9.53 Å². The lowest BCUT2D eigenvalue weighted by Gasteiger charge is -2.44. The van der Waals surface area contributed by atoms with Gasteiger partial charge in [0.2, 0.25) is 5.91 Å². The molecule has 0 N–H and O–H groups in total. The number of hydrogen-bond acceptors (Lipinski definition) is 4. The highest BCUT2D eigenvalue weighted by Gasteiger charge is 2.45. The molecule has 0 aromatic heterocycles. The summed E-state index contributed by atoms with van der Waals surface area (Å²) in [6, 6.07) is 0.151. The van der Waals surface area contributed by atoms with Gasteiger partial charge >= 0.3 is 6.09 Å². The number of hydrogen-bond donors (Lipinski definition) is 0. The van der Waals surface area contributed by atoms with Crippen LogP contribution >= 0.6 is 0 Å². The minimum Gasteiger partial charge on any atom is -0.453 e. The molecule has 6 nitrogen and oxygen atoms in total. The Morgan fingerprint density at radius 1 is 1.30 bits per heavy atom. The molecule has 3 fully saturated rings. The van der Waals surface area contributed by atoms with Crippen LogP contribution in [0, 0.1) is 5.92 Å². The van der Waals surface area contributed by atoms with E-state index in [9.17, 15) is 14.0 Å². The van der Waals surface area contributed by atoms with Gasteiger partial charge in [0.05, 0.1) is 7.11 Å². The summed E-state index contributed by atoms with van der Waals surface area (Å²) < 4.78 is 18.6. The molecule has 2 unspecified atom stereocenters. The molecular formula is C20H28FN3O3. The Labute approximate surface area is 159 Å². The molecule has 0 spiro atoms. The molecule has 1 aliphatic carbocycles. The van der Waals surface area contributed by atoms with Gasteiger partial charge in [-0.3, -0.25) is 9.69 Å². The quantitative estimate of drug-likeness (QED) is 0.742. The van der Waals surface area contributed by atoms with Crippen molar-refractivity contribution in [3.63, 3.8) is 0 Å². The normalized spacial score (nSPS) is 32.4. The van der Waals surface area contributed by atoms with Crippen LogP contribution in [0.2, 0.25) is 0 Å². The zero-order chi connectivity index (χ0) is 19.2. The summed E-state index contributed by atoms with van der Waals surface area (Å²) in [4.78, 5) is 30.5. The van der Waals surface area contributed by atoms with Gasteiger partial charge in [-0.05, 0) is 44.8 Å². The lowest BCUT2D eigenvalue weighted by atomic mass is 9.92. The third-order valence-electron chi connectivity index (χ3n) is 6.75. The Morgan fingerprint density at radius 2 is 2.04 bits per heavy atom. The Bertz CT molecular complexity index is 699. The minimum atomic E-state index is -0.262. The Balaban J connectivity index is 1.40. The third-order valence-corrected chi connectivity index (χ3v) is 6.75. The van der Waals surface area contributed by atoms with E-state index in [0.29, 0.717) is 25.9 Å². The van der Waals surface area contributed by atoms with E-state index in [0.717, 1.165) is 38.0 Å². The lowest BCUT2D eigenvalue weighted by molar-refractivity contribution is -0.129. The van der Waals surface area contributed by atoms with Crippen molar-refractivity contribution in [1.82, 2.24) is 14.7 Å². The van der Waals surface area contributed by atoms with Crippen LogP contribution in [-0.4, -0.2) is 71.6 Å². The van der Waals surface area contributed by atoms with E-state index in [-0.39, 0.29) is 35.3 Å². The largest absolute Gasteiger partial charge is 0.453 e. The van der Waals surface area contributed by atoms with Crippen LogP contribution in [0.5, 0.6) is 0 Å². The fraction of sp³-hybridized carbons (Fsp3) is 0.700. The molecule has 3 saturated heterocycles. The van der Waals surface area contributed by atoms with E-state index < -0.39 is 0 Å². The number of amides is 2. The first-order valence-electron chi connectivity index (χ1n) is 9.88.